The molecule has 5 nitrogen and oxygen atoms in total. The lowest BCUT2D eigenvalue weighted by Gasteiger charge is -2.34. The molecule has 1 fully saturated rings. The van der Waals surface area contributed by atoms with E-state index in [1.165, 1.54) is 12.1 Å². The number of methoxy groups -OCH3 is 1. The van der Waals surface area contributed by atoms with Crippen LogP contribution >= 0.6 is 11.3 Å². The summed E-state index contributed by atoms with van der Waals surface area (Å²) >= 11 is 1.65. The topological polar surface area (TPSA) is 44.8 Å². The summed E-state index contributed by atoms with van der Waals surface area (Å²) in [6.45, 7) is 6.38. The van der Waals surface area contributed by atoms with E-state index in [4.69, 9.17) is 4.74 Å². The van der Waals surface area contributed by atoms with Crippen molar-refractivity contribution in [3.63, 3.8) is 0 Å². The van der Waals surface area contributed by atoms with Crippen molar-refractivity contribution < 1.29 is 13.9 Å². The van der Waals surface area contributed by atoms with Crippen LogP contribution in [-0.2, 0) is 11.3 Å². The van der Waals surface area contributed by atoms with Gasteiger partial charge in [0.1, 0.15) is 11.6 Å². The SMILES string of the molecule is COc1ccc(F)cc1CN1CCN(CC(=O)N[C@@H](C)c2cccs2)CC1. The van der Waals surface area contributed by atoms with E-state index in [1.807, 2.05) is 24.4 Å². The lowest BCUT2D eigenvalue weighted by Crippen LogP contribution is -2.49. The van der Waals surface area contributed by atoms with Gasteiger partial charge in [-0.3, -0.25) is 14.6 Å². The van der Waals surface area contributed by atoms with Crippen molar-refractivity contribution in [1.29, 1.82) is 0 Å². The van der Waals surface area contributed by atoms with E-state index >= 15 is 0 Å². The fraction of sp³-hybridized carbons (Fsp3) is 0.450. The number of hydrogen-bond donors (Lipinski definition) is 1. The van der Waals surface area contributed by atoms with Crippen molar-refractivity contribution in [2.75, 3.05) is 39.8 Å². The second-order valence-corrected chi connectivity index (χ2v) is 7.79. The Balaban J connectivity index is 1.45. The van der Waals surface area contributed by atoms with Crippen LogP contribution in [0.4, 0.5) is 4.39 Å². The molecule has 0 spiro atoms. The molecule has 0 aliphatic carbocycles. The summed E-state index contributed by atoms with van der Waals surface area (Å²) in [5, 5.41) is 5.08. The smallest absolute Gasteiger partial charge is 0.234 e. The molecule has 2 heterocycles. The van der Waals surface area contributed by atoms with Gasteiger partial charge in [-0.1, -0.05) is 6.07 Å². The van der Waals surface area contributed by atoms with Crippen molar-refractivity contribution in [2.45, 2.75) is 19.5 Å². The second kappa shape index (κ2) is 9.30. The number of carbonyl (C=O) groups excluding carboxylic acids is 1. The van der Waals surface area contributed by atoms with E-state index < -0.39 is 0 Å². The summed E-state index contributed by atoms with van der Waals surface area (Å²) in [7, 11) is 1.60. The second-order valence-electron chi connectivity index (χ2n) is 6.81. The Hall–Kier alpha value is -1.96. The van der Waals surface area contributed by atoms with E-state index in [9.17, 15) is 9.18 Å². The molecule has 1 saturated heterocycles. The van der Waals surface area contributed by atoms with Crippen LogP contribution in [0.1, 0.15) is 23.4 Å². The Bertz CT molecular complexity index is 746. The molecule has 1 aliphatic heterocycles. The van der Waals surface area contributed by atoms with Crippen LogP contribution in [0, 0.1) is 5.82 Å². The third-order valence-corrected chi connectivity index (χ3v) is 5.87. The first-order valence-electron chi connectivity index (χ1n) is 9.15. The first-order valence-corrected chi connectivity index (χ1v) is 10.0. The molecule has 0 radical (unpaired) electrons. The van der Waals surface area contributed by atoms with Crippen molar-refractivity contribution in [3.8, 4) is 5.75 Å². The number of nitrogens with one attached hydrogen (secondary N) is 1. The first-order chi connectivity index (χ1) is 13.0. The van der Waals surface area contributed by atoms with Crippen LogP contribution in [0.3, 0.4) is 0 Å². The molecule has 1 N–H and O–H groups in total. The van der Waals surface area contributed by atoms with Crippen LogP contribution < -0.4 is 10.1 Å². The maximum Gasteiger partial charge on any atom is 0.234 e. The Morgan fingerprint density at radius 3 is 2.67 bits per heavy atom. The molecule has 2 aromatic rings. The highest BCUT2D eigenvalue weighted by molar-refractivity contribution is 7.10. The van der Waals surface area contributed by atoms with Crippen LogP contribution in [0.15, 0.2) is 35.7 Å². The van der Waals surface area contributed by atoms with Crippen molar-refractivity contribution in [3.05, 3.63) is 52.0 Å². The van der Waals surface area contributed by atoms with E-state index in [2.05, 4.69) is 15.1 Å². The summed E-state index contributed by atoms with van der Waals surface area (Å²) in [6.07, 6.45) is 0. The fourth-order valence-corrected chi connectivity index (χ4v) is 4.05. The zero-order chi connectivity index (χ0) is 19.2. The maximum atomic E-state index is 13.5. The summed E-state index contributed by atoms with van der Waals surface area (Å²) in [5.74, 6) is 0.512. The minimum atomic E-state index is -0.249. The van der Waals surface area contributed by atoms with Gasteiger partial charge >= 0.3 is 0 Å². The summed E-state index contributed by atoms with van der Waals surface area (Å²) in [5.41, 5.74) is 0.855. The van der Waals surface area contributed by atoms with Gasteiger partial charge in [0.2, 0.25) is 5.91 Å². The molecule has 0 saturated carbocycles. The monoisotopic (exact) mass is 391 g/mol. The lowest BCUT2D eigenvalue weighted by molar-refractivity contribution is -0.123. The summed E-state index contributed by atoms with van der Waals surface area (Å²) < 4.78 is 18.9. The van der Waals surface area contributed by atoms with Gasteiger partial charge in [-0.05, 0) is 36.6 Å². The average molecular weight is 392 g/mol. The highest BCUT2D eigenvalue weighted by Gasteiger charge is 2.21. The first kappa shape index (κ1) is 19.8. The van der Waals surface area contributed by atoms with Crippen LogP contribution in [0.25, 0.3) is 0 Å². The molecule has 1 aliphatic rings. The third kappa shape index (κ3) is 5.51. The van der Waals surface area contributed by atoms with Gasteiger partial charge < -0.3 is 10.1 Å². The number of rotatable bonds is 7. The number of thiophene rings is 1. The zero-order valence-electron chi connectivity index (χ0n) is 15.8. The molecule has 27 heavy (non-hydrogen) atoms. The number of benzene rings is 1. The van der Waals surface area contributed by atoms with E-state index in [1.54, 1.807) is 24.5 Å². The van der Waals surface area contributed by atoms with Crippen molar-refractivity contribution >= 4 is 17.2 Å². The minimum absolute atomic E-state index is 0.0410. The van der Waals surface area contributed by atoms with Gasteiger partial charge in [0.25, 0.3) is 0 Å². The molecule has 1 atom stereocenters. The molecule has 1 aromatic heterocycles. The molecular formula is C20H26FN3O2S. The highest BCUT2D eigenvalue weighted by atomic mass is 32.1. The minimum Gasteiger partial charge on any atom is -0.496 e. The number of amides is 1. The number of carbonyl (C=O) groups is 1. The van der Waals surface area contributed by atoms with Gasteiger partial charge in [0.05, 0.1) is 19.7 Å². The summed E-state index contributed by atoms with van der Waals surface area (Å²) in [4.78, 5) is 17.9. The Labute approximate surface area is 163 Å². The Morgan fingerprint density at radius 1 is 1.26 bits per heavy atom. The highest BCUT2D eigenvalue weighted by Crippen LogP contribution is 2.22. The number of halogens is 1. The Kier molecular flexibility index (Phi) is 6.82. The Morgan fingerprint density at radius 2 is 2.00 bits per heavy atom. The molecule has 3 rings (SSSR count). The van der Waals surface area contributed by atoms with Crippen molar-refractivity contribution in [2.24, 2.45) is 0 Å². The molecular weight excluding hydrogens is 365 g/mol. The van der Waals surface area contributed by atoms with Crippen LogP contribution in [0.2, 0.25) is 0 Å². The fourth-order valence-electron chi connectivity index (χ4n) is 3.32. The molecule has 1 amide bonds. The van der Waals surface area contributed by atoms with Gasteiger partial charge in [0.15, 0.2) is 0 Å². The predicted molar refractivity (Wildman–Crippen MR) is 106 cm³/mol. The normalized spacial score (nSPS) is 16.9. The quantitative estimate of drug-likeness (QED) is 0.788. The molecule has 146 valence electrons. The zero-order valence-corrected chi connectivity index (χ0v) is 16.6. The molecule has 0 unspecified atom stereocenters. The third-order valence-electron chi connectivity index (χ3n) is 4.82. The van der Waals surface area contributed by atoms with Gasteiger partial charge in [-0.15, -0.1) is 11.3 Å². The maximum absolute atomic E-state index is 13.5. The standard InChI is InChI=1S/C20H26FN3O2S/c1-15(19-4-3-11-27-19)22-20(25)14-24-9-7-23(8-10-24)13-16-12-17(21)5-6-18(16)26-2/h3-6,11-12,15H,7-10,13-14H2,1-2H3,(H,22,25)/t15-/m0/s1. The van der Waals surface area contributed by atoms with Gasteiger partial charge in [0, 0.05) is 43.2 Å². The van der Waals surface area contributed by atoms with Gasteiger partial charge in [-0.25, -0.2) is 4.39 Å². The largest absolute Gasteiger partial charge is 0.496 e. The van der Waals surface area contributed by atoms with Crippen molar-refractivity contribution in [1.82, 2.24) is 15.1 Å². The molecule has 1 aromatic carbocycles. The average Bonchev–Trinajstić information content (AvgIpc) is 3.18. The lowest BCUT2D eigenvalue weighted by atomic mass is 10.1. The number of hydrogen-bond acceptors (Lipinski definition) is 5. The van der Waals surface area contributed by atoms with E-state index in [0.717, 1.165) is 36.6 Å². The van der Waals surface area contributed by atoms with Gasteiger partial charge in [-0.2, -0.15) is 0 Å². The van der Waals surface area contributed by atoms with E-state index in [0.29, 0.717) is 18.8 Å². The van der Waals surface area contributed by atoms with Crippen LogP contribution in [0.5, 0.6) is 5.75 Å². The predicted octanol–water partition coefficient (Wildman–Crippen LogP) is 2.89. The number of ether oxygens (including phenoxy) is 1. The number of piperazine rings is 1. The molecule has 7 heteroatoms. The summed E-state index contributed by atoms with van der Waals surface area (Å²) in [6, 6.07) is 8.69. The molecule has 0 bridgehead atoms. The van der Waals surface area contributed by atoms with Crippen LogP contribution in [-0.4, -0.2) is 55.5 Å². The van der Waals surface area contributed by atoms with E-state index in [-0.39, 0.29) is 17.8 Å². The number of nitrogens with zero attached hydrogens (tertiary/aromatic N) is 2.